The predicted molar refractivity (Wildman–Crippen MR) is 109 cm³/mol. The van der Waals surface area contributed by atoms with Crippen molar-refractivity contribution in [2.45, 2.75) is 44.7 Å². The van der Waals surface area contributed by atoms with Crippen LogP contribution in [-0.4, -0.2) is 68.2 Å². The molecule has 1 amide bonds. The maximum Gasteiger partial charge on any atom is 0.311 e. The number of hydrogen-bond acceptors (Lipinski definition) is 6. The van der Waals surface area contributed by atoms with Crippen molar-refractivity contribution in [2.75, 3.05) is 41.0 Å². The summed E-state index contributed by atoms with van der Waals surface area (Å²) in [4.78, 5) is 29.4. The third-order valence-corrected chi connectivity index (χ3v) is 6.40. The Kier molecular flexibility index (Phi) is 6.67. The minimum Gasteiger partial charge on any atom is -0.493 e. The van der Waals surface area contributed by atoms with Crippen LogP contribution in [0.5, 0.6) is 11.5 Å². The molecule has 2 fully saturated rings. The fraction of sp³-hybridized carbons (Fsp3) is 0.636. The molecule has 1 spiro atoms. The van der Waals surface area contributed by atoms with Crippen molar-refractivity contribution in [2.24, 2.45) is 5.92 Å². The van der Waals surface area contributed by atoms with Gasteiger partial charge in [-0.1, -0.05) is 19.1 Å². The van der Waals surface area contributed by atoms with Crippen LogP contribution in [-0.2, 0) is 20.9 Å². The summed E-state index contributed by atoms with van der Waals surface area (Å²) in [6, 6.07) is 5.90. The zero-order valence-corrected chi connectivity index (χ0v) is 17.9. The largest absolute Gasteiger partial charge is 0.493 e. The van der Waals surface area contributed by atoms with E-state index in [0.717, 1.165) is 56.0 Å². The maximum atomic E-state index is 12.7. The number of hydrogen-bond donors (Lipinski definition) is 0. The molecule has 0 aliphatic carbocycles. The second kappa shape index (κ2) is 9.03. The summed E-state index contributed by atoms with van der Waals surface area (Å²) in [6.45, 7) is 5.11. The van der Waals surface area contributed by atoms with Crippen molar-refractivity contribution >= 4 is 11.9 Å². The van der Waals surface area contributed by atoms with E-state index < -0.39 is 5.54 Å². The Morgan fingerprint density at radius 1 is 1.17 bits per heavy atom. The lowest BCUT2D eigenvalue weighted by Crippen LogP contribution is -2.57. The van der Waals surface area contributed by atoms with Gasteiger partial charge in [0.05, 0.1) is 32.8 Å². The lowest BCUT2D eigenvalue weighted by atomic mass is 9.76. The summed E-state index contributed by atoms with van der Waals surface area (Å²) < 4.78 is 16.0. The first-order valence-corrected chi connectivity index (χ1v) is 10.3. The average Bonchev–Trinajstić information content (AvgIpc) is 3.01. The molecule has 1 atom stereocenters. The molecule has 2 heterocycles. The Hall–Kier alpha value is -2.28. The van der Waals surface area contributed by atoms with Crippen LogP contribution in [0.1, 0.15) is 38.2 Å². The molecule has 7 nitrogen and oxygen atoms in total. The molecule has 0 saturated carbocycles. The standard InChI is InChI=1S/C22H32N2O5/c1-5-11-24-19(25)14-17(21(26)29-4)22(24)9-12-23(13-10-22)15-16-7-6-8-18(27-2)20(16)28-3/h6-8,17H,5,9-15H2,1-4H3. The van der Waals surface area contributed by atoms with Gasteiger partial charge in [0.1, 0.15) is 0 Å². The highest BCUT2D eigenvalue weighted by molar-refractivity contribution is 5.89. The second-order valence-electron chi connectivity index (χ2n) is 7.86. The van der Waals surface area contributed by atoms with Gasteiger partial charge in [-0.25, -0.2) is 0 Å². The number of esters is 1. The summed E-state index contributed by atoms with van der Waals surface area (Å²) in [6.07, 6.45) is 2.68. The van der Waals surface area contributed by atoms with Crippen LogP contribution in [0.4, 0.5) is 0 Å². The molecule has 0 radical (unpaired) electrons. The Labute approximate surface area is 172 Å². The van der Waals surface area contributed by atoms with E-state index in [1.54, 1.807) is 14.2 Å². The fourth-order valence-electron chi connectivity index (χ4n) is 4.96. The molecule has 7 heteroatoms. The quantitative estimate of drug-likeness (QED) is 0.651. The summed E-state index contributed by atoms with van der Waals surface area (Å²) in [5, 5.41) is 0. The van der Waals surface area contributed by atoms with E-state index in [1.807, 2.05) is 23.1 Å². The number of rotatable bonds is 7. The lowest BCUT2D eigenvalue weighted by Gasteiger charge is -2.47. The summed E-state index contributed by atoms with van der Waals surface area (Å²) in [5.74, 6) is 0.913. The lowest BCUT2D eigenvalue weighted by molar-refractivity contribution is -0.150. The SMILES string of the molecule is CCCN1C(=O)CC(C(=O)OC)C12CCN(Cc1cccc(OC)c1OC)CC2. The molecule has 2 aliphatic rings. The van der Waals surface area contributed by atoms with E-state index in [9.17, 15) is 9.59 Å². The fourth-order valence-corrected chi connectivity index (χ4v) is 4.96. The number of benzene rings is 1. The van der Waals surface area contributed by atoms with Crippen molar-refractivity contribution in [1.29, 1.82) is 0 Å². The molecule has 2 aliphatic heterocycles. The maximum absolute atomic E-state index is 12.7. The third-order valence-electron chi connectivity index (χ3n) is 6.40. The smallest absolute Gasteiger partial charge is 0.311 e. The topological polar surface area (TPSA) is 68.3 Å². The van der Waals surface area contributed by atoms with Gasteiger partial charge in [0.15, 0.2) is 11.5 Å². The van der Waals surface area contributed by atoms with Crippen molar-refractivity contribution in [1.82, 2.24) is 9.80 Å². The van der Waals surface area contributed by atoms with Crippen molar-refractivity contribution < 1.29 is 23.8 Å². The van der Waals surface area contributed by atoms with Crippen LogP contribution < -0.4 is 9.47 Å². The Morgan fingerprint density at radius 2 is 1.90 bits per heavy atom. The first-order valence-electron chi connectivity index (χ1n) is 10.3. The highest BCUT2D eigenvalue weighted by Crippen LogP contribution is 2.44. The number of piperidine rings is 1. The van der Waals surface area contributed by atoms with Crippen LogP contribution in [0.3, 0.4) is 0 Å². The number of para-hydroxylation sites is 1. The predicted octanol–water partition coefficient (Wildman–Crippen LogP) is 2.47. The summed E-state index contributed by atoms with van der Waals surface area (Å²) in [5.41, 5.74) is 0.648. The minimum absolute atomic E-state index is 0.0742. The van der Waals surface area contributed by atoms with Crippen LogP contribution >= 0.6 is 0 Å². The van der Waals surface area contributed by atoms with E-state index in [4.69, 9.17) is 14.2 Å². The van der Waals surface area contributed by atoms with Gasteiger partial charge >= 0.3 is 5.97 Å². The normalized spacial score (nSPS) is 21.4. The molecule has 0 bridgehead atoms. The number of carbonyl (C=O) groups excluding carboxylic acids is 2. The summed E-state index contributed by atoms with van der Waals surface area (Å²) in [7, 11) is 4.70. The highest BCUT2D eigenvalue weighted by atomic mass is 16.5. The van der Waals surface area contributed by atoms with Crippen molar-refractivity contribution in [3.05, 3.63) is 23.8 Å². The van der Waals surface area contributed by atoms with Gasteiger partial charge in [-0.05, 0) is 25.3 Å². The van der Waals surface area contributed by atoms with Gasteiger partial charge in [0.2, 0.25) is 5.91 Å². The van der Waals surface area contributed by atoms with Crippen LogP contribution in [0.2, 0.25) is 0 Å². The van der Waals surface area contributed by atoms with Crippen molar-refractivity contribution in [3.8, 4) is 11.5 Å². The van der Waals surface area contributed by atoms with Crippen LogP contribution in [0.25, 0.3) is 0 Å². The molecule has 1 aromatic carbocycles. The van der Waals surface area contributed by atoms with Crippen molar-refractivity contribution in [3.63, 3.8) is 0 Å². The number of methoxy groups -OCH3 is 3. The molecular formula is C22H32N2O5. The molecule has 3 rings (SSSR count). The second-order valence-corrected chi connectivity index (χ2v) is 7.86. The molecule has 160 valence electrons. The van der Waals surface area contributed by atoms with Gasteiger partial charge in [0, 0.05) is 38.2 Å². The number of likely N-dealkylation sites (tertiary alicyclic amines) is 2. The molecule has 1 aromatic rings. The molecule has 2 saturated heterocycles. The molecule has 29 heavy (non-hydrogen) atoms. The van der Waals surface area contributed by atoms with Crippen LogP contribution in [0.15, 0.2) is 18.2 Å². The van der Waals surface area contributed by atoms with Gasteiger partial charge in [0.25, 0.3) is 0 Å². The Balaban J connectivity index is 1.77. The summed E-state index contributed by atoms with van der Waals surface area (Å²) >= 11 is 0. The molecule has 1 unspecified atom stereocenters. The highest BCUT2D eigenvalue weighted by Gasteiger charge is 2.56. The van der Waals surface area contributed by atoms with E-state index >= 15 is 0 Å². The monoisotopic (exact) mass is 404 g/mol. The zero-order chi connectivity index (χ0) is 21.0. The van der Waals surface area contributed by atoms with Gasteiger partial charge in [-0.15, -0.1) is 0 Å². The average molecular weight is 405 g/mol. The van der Waals surface area contributed by atoms with Gasteiger partial charge < -0.3 is 19.1 Å². The molecular weight excluding hydrogens is 372 g/mol. The zero-order valence-electron chi connectivity index (χ0n) is 17.9. The van der Waals surface area contributed by atoms with Gasteiger partial charge in [-0.3, -0.25) is 14.5 Å². The number of nitrogens with zero attached hydrogens (tertiary/aromatic N) is 2. The number of carbonyl (C=O) groups is 2. The third kappa shape index (κ3) is 3.92. The minimum atomic E-state index is -0.421. The van der Waals surface area contributed by atoms with E-state index in [2.05, 4.69) is 11.8 Å². The molecule has 0 aromatic heterocycles. The van der Waals surface area contributed by atoms with Gasteiger partial charge in [-0.2, -0.15) is 0 Å². The number of amides is 1. The Morgan fingerprint density at radius 3 is 2.48 bits per heavy atom. The Bertz CT molecular complexity index is 743. The van der Waals surface area contributed by atoms with Crippen LogP contribution in [0, 0.1) is 5.92 Å². The number of ether oxygens (including phenoxy) is 3. The van der Waals surface area contributed by atoms with E-state index in [0.29, 0.717) is 6.54 Å². The van der Waals surface area contributed by atoms with E-state index in [-0.39, 0.29) is 24.2 Å². The first-order chi connectivity index (χ1) is 14.0. The van der Waals surface area contributed by atoms with E-state index in [1.165, 1.54) is 7.11 Å². The molecule has 0 N–H and O–H groups in total. The first kappa shape index (κ1) is 21.4.